The molecule has 0 radical (unpaired) electrons. The van der Waals surface area contributed by atoms with Gasteiger partial charge in [-0.2, -0.15) is 4.31 Å². The van der Waals surface area contributed by atoms with Crippen LogP contribution in [0.2, 0.25) is 0 Å². The van der Waals surface area contributed by atoms with E-state index in [-0.39, 0.29) is 5.91 Å². The molecule has 33 heavy (non-hydrogen) atoms. The third-order valence-corrected chi connectivity index (χ3v) is 8.06. The summed E-state index contributed by atoms with van der Waals surface area (Å²) in [5.74, 6) is 0.882. The summed E-state index contributed by atoms with van der Waals surface area (Å²) in [4.78, 5) is 21.3. The molecule has 8 nitrogen and oxygen atoms in total. The summed E-state index contributed by atoms with van der Waals surface area (Å²) in [5, 5.41) is 0. The molecule has 0 aliphatic carbocycles. The number of aryl methyl sites for hydroxylation is 2. The number of benzene rings is 2. The fourth-order valence-electron chi connectivity index (χ4n) is 4.23. The predicted molar refractivity (Wildman–Crippen MR) is 129 cm³/mol. The Morgan fingerprint density at radius 3 is 2.30 bits per heavy atom. The number of aromatic nitrogens is 2. The minimum absolute atomic E-state index is 0.0459. The summed E-state index contributed by atoms with van der Waals surface area (Å²) in [5.41, 5.74) is 3.47. The van der Waals surface area contributed by atoms with Crippen LogP contribution >= 0.6 is 0 Å². The van der Waals surface area contributed by atoms with Crippen LogP contribution < -0.4 is 0 Å². The van der Waals surface area contributed by atoms with Gasteiger partial charge in [0.1, 0.15) is 5.82 Å². The molecule has 0 spiro atoms. The number of sulfonamides is 1. The number of rotatable bonds is 6. The van der Waals surface area contributed by atoms with E-state index in [1.807, 2.05) is 37.3 Å². The molecule has 1 aliphatic heterocycles. The van der Waals surface area contributed by atoms with Gasteiger partial charge in [0.05, 0.1) is 22.5 Å². The van der Waals surface area contributed by atoms with E-state index in [4.69, 9.17) is 4.98 Å². The van der Waals surface area contributed by atoms with Gasteiger partial charge in [0.2, 0.25) is 10.0 Å². The molecule has 0 bridgehead atoms. The zero-order valence-corrected chi connectivity index (χ0v) is 20.5. The Morgan fingerprint density at radius 2 is 1.70 bits per heavy atom. The Morgan fingerprint density at radius 1 is 1.03 bits per heavy atom. The third-order valence-electron chi connectivity index (χ3n) is 6.15. The molecule has 1 amide bonds. The highest BCUT2D eigenvalue weighted by molar-refractivity contribution is 7.89. The van der Waals surface area contributed by atoms with Gasteiger partial charge in [0.25, 0.3) is 5.91 Å². The molecule has 3 aromatic rings. The van der Waals surface area contributed by atoms with Crippen LogP contribution in [0.25, 0.3) is 11.0 Å². The van der Waals surface area contributed by atoms with Crippen molar-refractivity contribution in [3.63, 3.8) is 0 Å². The van der Waals surface area contributed by atoms with Crippen molar-refractivity contribution in [2.24, 2.45) is 0 Å². The molecule has 1 fully saturated rings. The van der Waals surface area contributed by atoms with Gasteiger partial charge in [-0.1, -0.05) is 17.7 Å². The van der Waals surface area contributed by atoms with Crippen molar-refractivity contribution >= 4 is 27.0 Å². The van der Waals surface area contributed by atoms with Gasteiger partial charge in [0, 0.05) is 52.4 Å². The summed E-state index contributed by atoms with van der Waals surface area (Å²) in [7, 11) is -0.00373. The number of hydrogen-bond acceptors (Lipinski definition) is 5. The first-order chi connectivity index (χ1) is 15.7. The Labute approximate surface area is 195 Å². The Kier molecular flexibility index (Phi) is 6.56. The van der Waals surface area contributed by atoms with Crippen LogP contribution in [0.3, 0.4) is 0 Å². The summed E-state index contributed by atoms with van der Waals surface area (Å²) in [6.07, 6.45) is 0. The highest BCUT2D eigenvalue weighted by Crippen LogP contribution is 2.22. The van der Waals surface area contributed by atoms with Crippen molar-refractivity contribution in [3.05, 3.63) is 59.4 Å². The number of nitrogens with zero attached hydrogens (tertiary/aromatic N) is 5. The smallest absolute Gasteiger partial charge is 0.253 e. The molecule has 2 heterocycles. The number of carbonyl (C=O) groups is 1. The van der Waals surface area contributed by atoms with Crippen LogP contribution in [0, 0.1) is 6.92 Å². The van der Waals surface area contributed by atoms with E-state index in [9.17, 15) is 13.2 Å². The van der Waals surface area contributed by atoms with Crippen LogP contribution in [0.5, 0.6) is 0 Å². The zero-order chi connectivity index (χ0) is 23.8. The molecule has 9 heteroatoms. The highest BCUT2D eigenvalue weighted by atomic mass is 32.2. The van der Waals surface area contributed by atoms with Gasteiger partial charge >= 0.3 is 0 Å². The lowest BCUT2D eigenvalue weighted by molar-refractivity contribution is 0.0827. The number of imidazole rings is 1. The van der Waals surface area contributed by atoms with Crippen molar-refractivity contribution in [2.75, 3.05) is 40.3 Å². The largest absolute Gasteiger partial charge is 0.345 e. The number of hydrogen-bond donors (Lipinski definition) is 0. The molecule has 0 unspecified atom stereocenters. The molecule has 1 aliphatic rings. The number of amides is 1. The highest BCUT2D eigenvalue weighted by Gasteiger charge is 2.29. The predicted octanol–water partition coefficient (Wildman–Crippen LogP) is 2.57. The molecule has 176 valence electrons. The minimum Gasteiger partial charge on any atom is -0.345 e. The van der Waals surface area contributed by atoms with Gasteiger partial charge in [-0.25, -0.2) is 13.4 Å². The lowest BCUT2D eigenvalue weighted by Gasteiger charge is -2.33. The zero-order valence-electron chi connectivity index (χ0n) is 19.7. The standard InChI is InChI=1S/C24H31N5O3S/c1-5-29-22-11-8-19(24(30)26(3)4)16-21(22)25-23(29)17-27-12-14-28(15-13-27)33(31,32)20-9-6-18(2)7-10-20/h6-11,16H,5,12-15,17H2,1-4H3. The van der Waals surface area contributed by atoms with Gasteiger partial charge in [0.15, 0.2) is 0 Å². The number of fused-ring (bicyclic) bond motifs is 1. The maximum absolute atomic E-state index is 13.0. The monoisotopic (exact) mass is 469 g/mol. The molecule has 2 aromatic carbocycles. The first kappa shape index (κ1) is 23.4. The topological polar surface area (TPSA) is 78.7 Å². The van der Waals surface area contributed by atoms with E-state index >= 15 is 0 Å². The van der Waals surface area contributed by atoms with E-state index < -0.39 is 10.0 Å². The fourth-order valence-corrected chi connectivity index (χ4v) is 5.65. The fraction of sp³-hybridized carbons (Fsp3) is 0.417. The van der Waals surface area contributed by atoms with E-state index in [1.165, 1.54) is 0 Å². The van der Waals surface area contributed by atoms with Gasteiger partial charge in [-0.3, -0.25) is 9.69 Å². The molecular weight excluding hydrogens is 438 g/mol. The summed E-state index contributed by atoms with van der Waals surface area (Å²) >= 11 is 0. The third kappa shape index (κ3) is 4.66. The molecule has 4 rings (SSSR count). The summed E-state index contributed by atoms with van der Waals surface area (Å²) in [6, 6.07) is 12.7. The van der Waals surface area contributed by atoms with Crippen molar-refractivity contribution < 1.29 is 13.2 Å². The van der Waals surface area contributed by atoms with Crippen molar-refractivity contribution in [2.45, 2.75) is 31.8 Å². The second-order valence-corrected chi connectivity index (χ2v) is 10.6. The number of piperazine rings is 1. The summed E-state index contributed by atoms with van der Waals surface area (Å²) in [6.45, 7) is 7.61. The summed E-state index contributed by atoms with van der Waals surface area (Å²) < 4.78 is 29.7. The van der Waals surface area contributed by atoms with Crippen LogP contribution in [-0.2, 0) is 23.1 Å². The van der Waals surface area contributed by atoms with Gasteiger partial charge in [-0.05, 0) is 44.2 Å². The molecular formula is C24H31N5O3S. The lowest BCUT2D eigenvalue weighted by atomic mass is 10.2. The maximum atomic E-state index is 13.0. The van der Waals surface area contributed by atoms with Crippen molar-refractivity contribution in [3.8, 4) is 0 Å². The van der Waals surface area contributed by atoms with E-state index in [0.717, 1.165) is 29.0 Å². The van der Waals surface area contributed by atoms with Gasteiger partial charge in [-0.15, -0.1) is 0 Å². The van der Waals surface area contributed by atoms with E-state index in [2.05, 4.69) is 16.4 Å². The van der Waals surface area contributed by atoms with E-state index in [0.29, 0.717) is 43.2 Å². The van der Waals surface area contributed by atoms with Crippen LogP contribution in [-0.4, -0.2) is 78.3 Å². The van der Waals surface area contributed by atoms with E-state index in [1.54, 1.807) is 35.4 Å². The van der Waals surface area contributed by atoms with Crippen LogP contribution in [0.1, 0.15) is 28.7 Å². The molecule has 0 N–H and O–H groups in total. The Balaban J connectivity index is 1.48. The lowest BCUT2D eigenvalue weighted by Crippen LogP contribution is -2.48. The minimum atomic E-state index is -3.48. The van der Waals surface area contributed by atoms with Crippen LogP contribution in [0.4, 0.5) is 0 Å². The van der Waals surface area contributed by atoms with Crippen molar-refractivity contribution in [1.29, 1.82) is 0 Å². The molecule has 0 saturated carbocycles. The molecule has 0 atom stereocenters. The SMILES string of the molecule is CCn1c(CN2CCN(S(=O)(=O)c3ccc(C)cc3)CC2)nc2cc(C(=O)N(C)C)ccc21. The Hall–Kier alpha value is -2.75. The average Bonchev–Trinajstić information content (AvgIpc) is 3.15. The quantitative estimate of drug-likeness (QED) is 0.555. The first-order valence-corrected chi connectivity index (χ1v) is 12.6. The number of carbonyl (C=O) groups excluding carboxylic acids is 1. The van der Waals surface area contributed by atoms with Crippen LogP contribution in [0.15, 0.2) is 47.4 Å². The first-order valence-electron chi connectivity index (χ1n) is 11.2. The maximum Gasteiger partial charge on any atom is 0.253 e. The Bertz CT molecular complexity index is 1260. The second-order valence-electron chi connectivity index (χ2n) is 8.67. The molecule has 1 saturated heterocycles. The normalized spacial score (nSPS) is 15.8. The van der Waals surface area contributed by atoms with Crippen molar-refractivity contribution in [1.82, 2.24) is 23.7 Å². The average molecular weight is 470 g/mol. The van der Waals surface area contributed by atoms with Gasteiger partial charge < -0.3 is 9.47 Å². The second kappa shape index (κ2) is 9.24. The molecule has 1 aromatic heterocycles.